The summed E-state index contributed by atoms with van der Waals surface area (Å²) in [6.07, 6.45) is 7.94. The van der Waals surface area contributed by atoms with Crippen LogP contribution < -0.4 is 9.80 Å². The zero-order valence-corrected chi connectivity index (χ0v) is 15.8. The highest BCUT2D eigenvalue weighted by molar-refractivity contribution is 7.88. The second-order valence-electron chi connectivity index (χ2n) is 6.67. The molecule has 10 heteroatoms. The standard InChI is InChI=1S/C16H23N5O4S/c1-19(26(2,24)25)13-7-9-21(15(13)23)16-17-10-12(11-18-16)20-8-5-3-4-6-14(20)22/h10-11,13H,3-9H2,1-2H3. The van der Waals surface area contributed by atoms with Crippen LogP contribution in [0, 0.1) is 0 Å². The molecule has 3 heterocycles. The largest absolute Gasteiger partial charge is 0.310 e. The summed E-state index contributed by atoms with van der Waals surface area (Å²) in [4.78, 5) is 36.3. The van der Waals surface area contributed by atoms with Crippen molar-refractivity contribution in [2.45, 2.75) is 38.1 Å². The number of likely N-dealkylation sites (N-methyl/N-ethyl adjacent to an activating group) is 1. The van der Waals surface area contributed by atoms with E-state index >= 15 is 0 Å². The molecule has 0 aromatic carbocycles. The molecule has 2 aliphatic heterocycles. The minimum Gasteiger partial charge on any atom is -0.310 e. The molecule has 0 bridgehead atoms. The van der Waals surface area contributed by atoms with Crippen molar-refractivity contribution in [2.75, 3.05) is 36.2 Å². The van der Waals surface area contributed by atoms with Crippen molar-refractivity contribution in [2.24, 2.45) is 0 Å². The molecular weight excluding hydrogens is 358 g/mol. The molecule has 0 saturated carbocycles. The Labute approximate surface area is 153 Å². The number of nitrogens with zero attached hydrogens (tertiary/aromatic N) is 5. The number of rotatable bonds is 4. The van der Waals surface area contributed by atoms with Crippen LogP contribution in [0.3, 0.4) is 0 Å². The van der Waals surface area contributed by atoms with Crippen LogP contribution in [0.4, 0.5) is 11.6 Å². The van der Waals surface area contributed by atoms with Crippen LogP contribution in [-0.4, -0.2) is 66.9 Å². The van der Waals surface area contributed by atoms with Crippen molar-refractivity contribution in [1.29, 1.82) is 0 Å². The second kappa shape index (κ2) is 7.28. The number of carbonyl (C=O) groups excluding carboxylic acids is 2. The molecule has 142 valence electrons. The van der Waals surface area contributed by atoms with Gasteiger partial charge in [0, 0.05) is 26.6 Å². The molecule has 3 rings (SSSR count). The van der Waals surface area contributed by atoms with E-state index in [9.17, 15) is 18.0 Å². The first-order valence-electron chi connectivity index (χ1n) is 8.66. The monoisotopic (exact) mass is 381 g/mol. The molecule has 2 aliphatic rings. The van der Waals surface area contributed by atoms with Crippen LogP contribution in [0.15, 0.2) is 12.4 Å². The molecule has 0 aliphatic carbocycles. The lowest BCUT2D eigenvalue weighted by Gasteiger charge is -2.22. The van der Waals surface area contributed by atoms with Gasteiger partial charge in [0.1, 0.15) is 6.04 Å². The Balaban J connectivity index is 1.75. The van der Waals surface area contributed by atoms with E-state index in [4.69, 9.17) is 0 Å². The van der Waals surface area contributed by atoms with E-state index in [1.165, 1.54) is 11.9 Å². The quantitative estimate of drug-likeness (QED) is 0.747. The Morgan fingerprint density at radius 1 is 1.08 bits per heavy atom. The van der Waals surface area contributed by atoms with Gasteiger partial charge in [0.2, 0.25) is 27.8 Å². The van der Waals surface area contributed by atoms with Crippen molar-refractivity contribution in [3.63, 3.8) is 0 Å². The van der Waals surface area contributed by atoms with Gasteiger partial charge in [0.15, 0.2) is 0 Å². The molecule has 0 radical (unpaired) electrons. The summed E-state index contributed by atoms with van der Waals surface area (Å²) in [5.41, 5.74) is 0.622. The Morgan fingerprint density at radius 3 is 2.42 bits per heavy atom. The Kier molecular flexibility index (Phi) is 5.24. The number of amides is 2. The van der Waals surface area contributed by atoms with E-state index in [2.05, 4.69) is 9.97 Å². The highest BCUT2D eigenvalue weighted by Gasteiger charge is 2.39. The molecular formula is C16H23N5O4S. The van der Waals surface area contributed by atoms with Gasteiger partial charge < -0.3 is 4.90 Å². The van der Waals surface area contributed by atoms with Crippen LogP contribution in [-0.2, 0) is 19.6 Å². The first kappa shape index (κ1) is 18.7. The maximum Gasteiger partial charge on any atom is 0.247 e. The van der Waals surface area contributed by atoms with Gasteiger partial charge in [0.25, 0.3) is 0 Å². The summed E-state index contributed by atoms with van der Waals surface area (Å²) in [5, 5.41) is 0. The number of anilines is 2. The SMILES string of the molecule is CN(C1CCN(c2ncc(N3CCCCCC3=O)cn2)C1=O)S(C)(=O)=O. The van der Waals surface area contributed by atoms with E-state index in [0.717, 1.165) is 29.8 Å². The first-order chi connectivity index (χ1) is 12.3. The summed E-state index contributed by atoms with van der Waals surface area (Å²) in [5.74, 6) is -0.0483. The topological polar surface area (TPSA) is 104 Å². The summed E-state index contributed by atoms with van der Waals surface area (Å²) in [6.45, 7) is 0.997. The van der Waals surface area contributed by atoms with Gasteiger partial charge >= 0.3 is 0 Å². The minimum atomic E-state index is -3.45. The maximum atomic E-state index is 12.6. The smallest absolute Gasteiger partial charge is 0.247 e. The summed E-state index contributed by atoms with van der Waals surface area (Å²) in [7, 11) is -2.06. The van der Waals surface area contributed by atoms with Gasteiger partial charge in [0.05, 0.1) is 24.3 Å². The lowest BCUT2D eigenvalue weighted by atomic mass is 10.2. The molecule has 1 aromatic rings. The third-order valence-corrected chi connectivity index (χ3v) is 6.19. The Bertz CT molecular complexity index is 795. The molecule has 1 atom stereocenters. The molecule has 2 fully saturated rings. The molecule has 2 amide bonds. The van der Waals surface area contributed by atoms with Gasteiger partial charge in [-0.3, -0.25) is 14.5 Å². The van der Waals surface area contributed by atoms with Crippen LogP contribution >= 0.6 is 0 Å². The lowest BCUT2D eigenvalue weighted by molar-refractivity contribution is -0.120. The molecule has 1 unspecified atom stereocenters. The number of sulfonamides is 1. The summed E-state index contributed by atoms with van der Waals surface area (Å²) < 4.78 is 24.4. The van der Waals surface area contributed by atoms with Crippen molar-refractivity contribution in [1.82, 2.24) is 14.3 Å². The molecule has 2 saturated heterocycles. The number of hydrogen-bond donors (Lipinski definition) is 0. The minimum absolute atomic E-state index is 0.0611. The van der Waals surface area contributed by atoms with Crippen molar-refractivity contribution < 1.29 is 18.0 Å². The molecule has 0 N–H and O–H groups in total. The fourth-order valence-electron chi connectivity index (χ4n) is 3.28. The van der Waals surface area contributed by atoms with Gasteiger partial charge in [-0.25, -0.2) is 18.4 Å². The first-order valence-corrected chi connectivity index (χ1v) is 10.5. The average molecular weight is 381 g/mol. The predicted molar refractivity (Wildman–Crippen MR) is 96.2 cm³/mol. The normalized spacial score (nSPS) is 22.2. The van der Waals surface area contributed by atoms with Gasteiger partial charge in [-0.2, -0.15) is 4.31 Å². The van der Waals surface area contributed by atoms with Crippen molar-refractivity contribution in [3.05, 3.63) is 12.4 Å². The Morgan fingerprint density at radius 2 is 1.77 bits per heavy atom. The summed E-state index contributed by atoms with van der Waals surface area (Å²) in [6, 6.07) is -0.736. The van der Waals surface area contributed by atoms with Gasteiger partial charge in [-0.05, 0) is 19.3 Å². The predicted octanol–water partition coefficient (Wildman–Crippen LogP) is 0.380. The van der Waals surface area contributed by atoms with Crippen molar-refractivity contribution in [3.8, 4) is 0 Å². The van der Waals surface area contributed by atoms with Crippen LogP contribution in [0.25, 0.3) is 0 Å². The van der Waals surface area contributed by atoms with Crippen LogP contribution in [0.2, 0.25) is 0 Å². The van der Waals surface area contributed by atoms with Crippen LogP contribution in [0.1, 0.15) is 32.1 Å². The fourth-order valence-corrected chi connectivity index (χ4v) is 3.94. The van der Waals surface area contributed by atoms with E-state index in [1.54, 1.807) is 17.3 Å². The third-order valence-electron chi connectivity index (χ3n) is 4.89. The highest BCUT2D eigenvalue weighted by atomic mass is 32.2. The number of hydrogen-bond acceptors (Lipinski definition) is 6. The molecule has 1 aromatic heterocycles. The Hall–Kier alpha value is -2.07. The van der Waals surface area contributed by atoms with Crippen molar-refractivity contribution >= 4 is 33.5 Å². The zero-order valence-electron chi connectivity index (χ0n) is 15.0. The zero-order chi connectivity index (χ0) is 18.9. The fraction of sp³-hybridized carbons (Fsp3) is 0.625. The van der Waals surface area contributed by atoms with E-state index in [-0.39, 0.29) is 17.8 Å². The molecule has 9 nitrogen and oxygen atoms in total. The lowest BCUT2D eigenvalue weighted by Crippen LogP contribution is -2.42. The van der Waals surface area contributed by atoms with Gasteiger partial charge in [-0.15, -0.1) is 0 Å². The highest BCUT2D eigenvalue weighted by Crippen LogP contribution is 2.24. The van der Waals surface area contributed by atoms with Crippen LogP contribution in [0.5, 0.6) is 0 Å². The van der Waals surface area contributed by atoms with E-state index < -0.39 is 16.1 Å². The summed E-state index contributed by atoms with van der Waals surface area (Å²) >= 11 is 0. The molecule has 26 heavy (non-hydrogen) atoms. The van der Waals surface area contributed by atoms with E-state index in [1.807, 2.05) is 0 Å². The van der Waals surface area contributed by atoms with E-state index in [0.29, 0.717) is 31.6 Å². The van der Waals surface area contributed by atoms with Gasteiger partial charge in [-0.1, -0.05) is 6.42 Å². The number of carbonyl (C=O) groups is 2. The molecule has 0 spiro atoms. The third kappa shape index (κ3) is 3.70. The maximum absolute atomic E-state index is 12.6. The number of aromatic nitrogens is 2. The average Bonchev–Trinajstić information content (AvgIpc) is 2.84. The second-order valence-corrected chi connectivity index (χ2v) is 8.71.